The molecule has 0 aliphatic rings. The van der Waals surface area contributed by atoms with E-state index in [0.717, 1.165) is 0 Å². The van der Waals surface area contributed by atoms with Crippen molar-refractivity contribution in [1.29, 1.82) is 0 Å². The molecule has 0 saturated carbocycles. The van der Waals surface area contributed by atoms with E-state index in [1.165, 1.54) is 24.3 Å². The Hall–Kier alpha value is -1.95. The second-order valence-corrected chi connectivity index (χ2v) is 5.48. The SMILES string of the molecule is CC(C)C(O)CC(=O)NCCCNC(=O)c1ccc(F)cc1. The minimum absolute atomic E-state index is 0.0424. The molecule has 122 valence electrons. The van der Waals surface area contributed by atoms with Crippen LogP contribution in [0, 0.1) is 11.7 Å². The van der Waals surface area contributed by atoms with E-state index in [4.69, 9.17) is 0 Å². The molecule has 1 unspecified atom stereocenters. The average molecular weight is 310 g/mol. The molecule has 1 rings (SSSR count). The smallest absolute Gasteiger partial charge is 0.251 e. The molecule has 0 bridgehead atoms. The Bertz CT molecular complexity index is 489. The lowest BCUT2D eigenvalue weighted by Gasteiger charge is -2.14. The Labute approximate surface area is 129 Å². The highest BCUT2D eigenvalue weighted by Gasteiger charge is 2.13. The van der Waals surface area contributed by atoms with E-state index >= 15 is 0 Å². The van der Waals surface area contributed by atoms with Crippen LogP contribution in [0.2, 0.25) is 0 Å². The monoisotopic (exact) mass is 310 g/mol. The molecule has 0 saturated heterocycles. The molecule has 3 N–H and O–H groups in total. The first-order chi connectivity index (χ1) is 10.4. The van der Waals surface area contributed by atoms with Crippen molar-refractivity contribution in [1.82, 2.24) is 10.6 Å². The van der Waals surface area contributed by atoms with Crippen molar-refractivity contribution in [3.05, 3.63) is 35.6 Å². The molecule has 0 aliphatic carbocycles. The molecule has 0 aliphatic heterocycles. The zero-order valence-corrected chi connectivity index (χ0v) is 12.9. The van der Waals surface area contributed by atoms with Crippen LogP contribution in [0.4, 0.5) is 4.39 Å². The third-order valence-electron chi connectivity index (χ3n) is 3.23. The van der Waals surface area contributed by atoms with Gasteiger partial charge in [0, 0.05) is 18.7 Å². The highest BCUT2D eigenvalue weighted by atomic mass is 19.1. The largest absolute Gasteiger partial charge is 0.392 e. The number of aliphatic hydroxyl groups is 1. The van der Waals surface area contributed by atoms with Gasteiger partial charge in [0.2, 0.25) is 5.91 Å². The van der Waals surface area contributed by atoms with E-state index in [-0.39, 0.29) is 30.0 Å². The predicted octanol–water partition coefficient (Wildman–Crippen LogP) is 1.47. The zero-order valence-electron chi connectivity index (χ0n) is 12.9. The highest BCUT2D eigenvalue weighted by Crippen LogP contribution is 2.05. The Morgan fingerprint density at radius 1 is 1.14 bits per heavy atom. The maximum atomic E-state index is 12.7. The van der Waals surface area contributed by atoms with Gasteiger partial charge < -0.3 is 15.7 Å². The van der Waals surface area contributed by atoms with Gasteiger partial charge in [0.25, 0.3) is 5.91 Å². The number of benzene rings is 1. The van der Waals surface area contributed by atoms with E-state index in [1.807, 2.05) is 13.8 Å². The lowest BCUT2D eigenvalue weighted by Crippen LogP contribution is -2.32. The fourth-order valence-electron chi connectivity index (χ4n) is 1.72. The standard InChI is InChI=1S/C16H23FN2O3/c1-11(2)14(20)10-15(21)18-8-3-9-19-16(22)12-4-6-13(17)7-5-12/h4-7,11,14,20H,3,8-10H2,1-2H3,(H,18,21)(H,19,22). The van der Waals surface area contributed by atoms with Crippen LogP contribution in [-0.2, 0) is 4.79 Å². The molecule has 22 heavy (non-hydrogen) atoms. The van der Waals surface area contributed by atoms with Gasteiger partial charge in [0.15, 0.2) is 0 Å². The number of amides is 2. The van der Waals surface area contributed by atoms with E-state index in [1.54, 1.807) is 0 Å². The van der Waals surface area contributed by atoms with Crippen LogP contribution in [-0.4, -0.2) is 36.1 Å². The first-order valence-electron chi connectivity index (χ1n) is 7.38. The summed E-state index contributed by atoms with van der Waals surface area (Å²) in [5.74, 6) is -0.823. The van der Waals surface area contributed by atoms with Gasteiger partial charge in [-0.15, -0.1) is 0 Å². The summed E-state index contributed by atoms with van der Waals surface area (Å²) in [6.07, 6.45) is 0.0222. The van der Waals surface area contributed by atoms with E-state index < -0.39 is 6.10 Å². The first kappa shape index (κ1) is 18.1. The van der Waals surface area contributed by atoms with Crippen LogP contribution >= 0.6 is 0 Å². The summed E-state index contributed by atoms with van der Waals surface area (Å²) in [4.78, 5) is 23.2. The molecule has 0 heterocycles. The van der Waals surface area contributed by atoms with Gasteiger partial charge in [-0.3, -0.25) is 9.59 Å². The lowest BCUT2D eigenvalue weighted by atomic mass is 10.0. The number of halogens is 1. The number of aliphatic hydroxyl groups excluding tert-OH is 1. The van der Waals surface area contributed by atoms with E-state index in [0.29, 0.717) is 25.1 Å². The van der Waals surface area contributed by atoms with Gasteiger partial charge in [0.05, 0.1) is 12.5 Å². The summed E-state index contributed by atoms with van der Waals surface area (Å²) in [6, 6.07) is 5.30. The molecule has 0 spiro atoms. The summed E-state index contributed by atoms with van der Waals surface area (Å²) in [7, 11) is 0. The third kappa shape index (κ3) is 6.67. The Morgan fingerprint density at radius 3 is 2.32 bits per heavy atom. The first-order valence-corrected chi connectivity index (χ1v) is 7.38. The van der Waals surface area contributed by atoms with Gasteiger partial charge >= 0.3 is 0 Å². The molecule has 0 aromatic heterocycles. The van der Waals surface area contributed by atoms with Crippen molar-refractivity contribution in [3.63, 3.8) is 0 Å². The second kappa shape index (κ2) is 9.15. The summed E-state index contributed by atoms with van der Waals surface area (Å²) >= 11 is 0. The number of rotatable bonds is 8. The van der Waals surface area contributed by atoms with Gasteiger partial charge in [-0.05, 0) is 36.6 Å². The van der Waals surface area contributed by atoms with Crippen LogP contribution in [0.3, 0.4) is 0 Å². The molecule has 5 nitrogen and oxygen atoms in total. The Kier molecular flexibility index (Phi) is 7.52. The normalized spacial score (nSPS) is 12.0. The van der Waals surface area contributed by atoms with Crippen LogP contribution in [0.1, 0.15) is 37.0 Å². The van der Waals surface area contributed by atoms with E-state index in [2.05, 4.69) is 10.6 Å². The summed E-state index contributed by atoms with van der Waals surface area (Å²) in [6.45, 7) is 4.53. The van der Waals surface area contributed by atoms with Crippen LogP contribution in [0.25, 0.3) is 0 Å². The molecule has 6 heteroatoms. The Morgan fingerprint density at radius 2 is 1.73 bits per heavy atom. The van der Waals surface area contributed by atoms with Crippen molar-refractivity contribution >= 4 is 11.8 Å². The topological polar surface area (TPSA) is 78.4 Å². The summed E-state index contributed by atoms with van der Waals surface area (Å²) in [5.41, 5.74) is 0.394. The number of hydrogen-bond acceptors (Lipinski definition) is 3. The minimum Gasteiger partial charge on any atom is -0.392 e. The Balaban J connectivity index is 2.16. The molecular weight excluding hydrogens is 287 g/mol. The fourth-order valence-corrected chi connectivity index (χ4v) is 1.72. The molecule has 0 fully saturated rings. The number of hydrogen-bond donors (Lipinski definition) is 3. The number of carbonyl (C=O) groups is 2. The van der Waals surface area contributed by atoms with Gasteiger partial charge in [0.1, 0.15) is 5.82 Å². The maximum absolute atomic E-state index is 12.7. The molecule has 2 amide bonds. The van der Waals surface area contributed by atoms with Gasteiger partial charge in [-0.25, -0.2) is 4.39 Å². The van der Waals surface area contributed by atoms with Gasteiger partial charge in [-0.1, -0.05) is 13.8 Å². The predicted molar refractivity (Wildman–Crippen MR) is 81.8 cm³/mol. The highest BCUT2D eigenvalue weighted by molar-refractivity contribution is 5.94. The summed E-state index contributed by atoms with van der Waals surface area (Å²) in [5, 5.41) is 15.0. The molecule has 0 radical (unpaired) electrons. The average Bonchev–Trinajstić information content (AvgIpc) is 2.47. The van der Waals surface area contributed by atoms with Crippen LogP contribution < -0.4 is 10.6 Å². The maximum Gasteiger partial charge on any atom is 0.251 e. The summed E-state index contributed by atoms with van der Waals surface area (Å²) < 4.78 is 12.7. The molecule has 1 atom stereocenters. The lowest BCUT2D eigenvalue weighted by molar-refractivity contribution is -0.123. The van der Waals surface area contributed by atoms with E-state index in [9.17, 15) is 19.1 Å². The quantitative estimate of drug-likeness (QED) is 0.636. The minimum atomic E-state index is -0.641. The van der Waals surface area contributed by atoms with Crippen molar-refractivity contribution < 1.29 is 19.1 Å². The third-order valence-corrected chi connectivity index (χ3v) is 3.23. The van der Waals surface area contributed by atoms with Crippen LogP contribution in [0.5, 0.6) is 0 Å². The zero-order chi connectivity index (χ0) is 16.5. The van der Waals surface area contributed by atoms with Crippen molar-refractivity contribution in [2.75, 3.05) is 13.1 Å². The number of carbonyl (C=O) groups excluding carboxylic acids is 2. The molecule has 1 aromatic rings. The second-order valence-electron chi connectivity index (χ2n) is 5.48. The van der Waals surface area contributed by atoms with Crippen molar-refractivity contribution in [3.8, 4) is 0 Å². The van der Waals surface area contributed by atoms with Crippen molar-refractivity contribution in [2.45, 2.75) is 32.8 Å². The fraction of sp³-hybridized carbons (Fsp3) is 0.500. The molecular formula is C16H23FN2O3. The molecule has 1 aromatic carbocycles. The number of nitrogens with one attached hydrogen (secondary N) is 2. The van der Waals surface area contributed by atoms with Gasteiger partial charge in [-0.2, -0.15) is 0 Å². The van der Waals surface area contributed by atoms with Crippen molar-refractivity contribution in [2.24, 2.45) is 5.92 Å². The van der Waals surface area contributed by atoms with Crippen LogP contribution in [0.15, 0.2) is 24.3 Å².